The molecule has 0 bridgehead atoms. The first kappa shape index (κ1) is 12.9. The summed E-state index contributed by atoms with van der Waals surface area (Å²) < 4.78 is 0. The summed E-state index contributed by atoms with van der Waals surface area (Å²) in [6.07, 6.45) is 3.64. The third-order valence-corrected chi connectivity index (χ3v) is 3.35. The number of nitrogens with zero attached hydrogens (tertiary/aromatic N) is 2. The Morgan fingerprint density at radius 2 is 2.00 bits per heavy atom. The number of nitrogens with two attached hydrogens (primary N) is 1. The minimum Gasteiger partial charge on any atom is -0.370 e. The topological polar surface area (TPSA) is 75.9 Å². The van der Waals surface area contributed by atoms with Crippen LogP contribution in [-0.4, -0.2) is 22.1 Å². The average molecular weight is 249 g/mol. The van der Waals surface area contributed by atoms with E-state index in [4.69, 9.17) is 5.73 Å². The van der Waals surface area contributed by atoms with Crippen molar-refractivity contribution < 1.29 is 0 Å². The van der Waals surface area contributed by atoms with Crippen molar-refractivity contribution >= 4 is 17.6 Å². The normalized spacial score (nSPS) is 15.5. The highest BCUT2D eigenvalue weighted by molar-refractivity contribution is 5.52. The van der Waals surface area contributed by atoms with E-state index in [0.717, 1.165) is 30.5 Å². The fourth-order valence-electron chi connectivity index (χ4n) is 2.11. The summed E-state index contributed by atoms with van der Waals surface area (Å²) in [5, 5.41) is 6.70. The number of nitrogens with one attached hydrogen (secondary N) is 2. The van der Waals surface area contributed by atoms with Crippen molar-refractivity contribution in [2.75, 3.05) is 22.9 Å². The van der Waals surface area contributed by atoms with Crippen molar-refractivity contribution in [1.82, 2.24) is 9.97 Å². The van der Waals surface area contributed by atoms with Crippen LogP contribution in [0, 0.1) is 5.92 Å². The van der Waals surface area contributed by atoms with Gasteiger partial charge in [0.15, 0.2) is 0 Å². The van der Waals surface area contributed by atoms with Gasteiger partial charge in [-0.25, -0.2) is 0 Å². The largest absolute Gasteiger partial charge is 0.370 e. The Balaban J connectivity index is 2.09. The lowest BCUT2D eigenvalue weighted by Gasteiger charge is -2.27. The van der Waals surface area contributed by atoms with Crippen LogP contribution in [-0.2, 0) is 0 Å². The second-order valence-corrected chi connectivity index (χ2v) is 5.54. The number of anilines is 3. The molecule has 0 unspecified atom stereocenters. The molecular weight excluding hydrogens is 226 g/mol. The number of rotatable bonds is 6. The second-order valence-electron chi connectivity index (χ2n) is 5.54. The Morgan fingerprint density at radius 3 is 2.61 bits per heavy atom. The van der Waals surface area contributed by atoms with Crippen LogP contribution in [0.25, 0.3) is 0 Å². The molecule has 1 aromatic rings. The summed E-state index contributed by atoms with van der Waals surface area (Å²) in [6, 6.07) is 1.93. The van der Waals surface area contributed by atoms with E-state index >= 15 is 0 Å². The Labute approximate surface area is 109 Å². The van der Waals surface area contributed by atoms with Crippen LogP contribution >= 0.6 is 0 Å². The molecule has 1 aromatic heterocycles. The average Bonchev–Trinajstić information content (AvgIpc) is 3.08. The van der Waals surface area contributed by atoms with Crippen molar-refractivity contribution in [1.29, 1.82) is 0 Å². The molecule has 5 nitrogen and oxygen atoms in total. The highest BCUT2D eigenvalue weighted by atomic mass is 15.1. The van der Waals surface area contributed by atoms with Crippen LogP contribution < -0.4 is 16.4 Å². The highest BCUT2D eigenvalue weighted by Gasteiger charge is 2.37. The summed E-state index contributed by atoms with van der Waals surface area (Å²) >= 11 is 0. The zero-order valence-electron chi connectivity index (χ0n) is 11.5. The van der Waals surface area contributed by atoms with Gasteiger partial charge in [-0.3, -0.25) is 0 Å². The first-order valence-corrected chi connectivity index (χ1v) is 6.68. The van der Waals surface area contributed by atoms with Gasteiger partial charge in [-0.2, -0.15) is 9.97 Å². The minimum absolute atomic E-state index is 0.0722. The van der Waals surface area contributed by atoms with Crippen molar-refractivity contribution in [2.45, 2.75) is 45.6 Å². The molecule has 4 N–H and O–H groups in total. The van der Waals surface area contributed by atoms with E-state index in [1.807, 2.05) is 6.07 Å². The molecule has 5 heteroatoms. The van der Waals surface area contributed by atoms with E-state index in [9.17, 15) is 0 Å². The van der Waals surface area contributed by atoms with E-state index in [1.54, 1.807) is 0 Å². The van der Waals surface area contributed by atoms with Crippen molar-refractivity contribution in [2.24, 2.45) is 5.92 Å². The summed E-state index contributed by atoms with van der Waals surface area (Å²) in [5.74, 6) is 2.64. The molecule has 0 radical (unpaired) electrons. The van der Waals surface area contributed by atoms with Gasteiger partial charge in [0.2, 0.25) is 5.95 Å². The molecular formula is C13H23N5. The maximum Gasteiger partial charge on any atom is 0.223 e. The van der Waals surface area contributed by atoms with Gasteiger partial charge in [-0.15, -0.1) is 0 Å². The number of hydrogen-bond acceptors (Lipinski definition) is 5. The lowest BCUT2D eigenvalue weighted by atomic mass is 9.99. The first-order chi connectivity index (χ1) is 8.51. The summed E-state index contributed by atoms with van der Waals surface area (Å²) in [7, 11) is 0. The molecule has 2 rings (SSSR count). The summed E-state index contributed by atoms with van der Waals surface area (Å²) in [6.45, 7) is 7.43. The zero-order valence-corrected chi connectivity index (χ0v) is 11.5. The van der Waals surface area contributed by atoms with Crippen molar-refractivity contribution in [3.8, 4) is 0 Å². The van der Waals surface area contributed by atoms with Gasteiger partial charge in [0.25, 0.3) is 0 Å². The van der Waals surface area contributed by atoms with E-state index in [1.165, 1.54) is 12.8 Å². The van der Waals surface area contributed by atoms with Gasteiger partial charge in [0.05, 0.1) is 0 Å². The van der Waals surface area contributed by atoms with Gasteiger partial charge >= 0.3 is 0 Å². The molecule has 0 spiro atoms. The van der Waals surface area contributed by atoms with E-state index in [2.05, 4.69) is 41.4 Å². The molecule has 1 fully saturated rings. The van der Waals surface area contributed by atoms with Crippen LogP contribution in [0.15, 0.2) is 6.07 Å². The predicted molar refractivity (Wildman–Crippen MR) is 75.7 cm³/mol. The predicted octanol–water partition coefficient (Wildman–Crippen LogP) is 2.48. The smallest absolute Gasteiger partial charge is 0.223 e. The van der Waals surface area contributed by atoms with Gasteiger partial charge in [-0.05, 0) is 39.0 Å². The van der Waals surface area contributed by atoms with E-state index < -0.39 is 0 Å². The maximum absolute atomic E-state index is 5.74. The fourth-order valence-corrected chi connectivity index (χ4v) is 2.11. The third-order valence-electron chi connectivity index (χ3n) is 3.35. The molecule has 1 saturated carbocycles. The van der Waals surface area contributed by atoms with Crippen LogP contribution in [0.3, 0.4) is 0 Å². The van der Waals surface area contributed by atoms with Crippen molar-refractivity contribution in [3.63, 3.8) is 0 Å². The van der Waals surface area contributed by atoms with Crippen LogP contribution in [0.2, 0.25) is 0 Å². The van der Waals surface area contributed by atoms with E-state index in [-0.39, 0.29) is 5.54 Å². The summed E-state index contributed by atoms with van der Waals surface area (Å²) in [5.41, 5.74) is 5.81. The molecule has 0 aromatic carbocycles. The van der Waals surface area contributed by atoms with Crippen LogP contribution in [0.1, 0.15) is 40.0 Å². The number of aromatic nitrogens is 2. The molecule has 1 heterocycles. The standard InChI is InChI=1S/C13H23N5/c1-4-7-15-10-8-11(17-12(14)16-10)18-13(2,3)9-5-6-9/h8-9H,4-7H2,1-3H3,(H4,14,15,16,17,18). The number of nitrogen functional groups attached to an aromatic ring is 1. The lowest BCUT2D eigenvalue weighted by Crippen LogP contribution is -2.33. The molecule has 1 aliphatic carbocycles. The molecule has 18 heavy (non-hydrogen) atoms. The fraction of sp³-hybridized carbons (Fsp3) is 0.692. The minimum atomic E-state index is 0.0722. The van der Waals surface area contributed by atoms with Gasteiger partial charge in [0.1, 0.15) is 11.6 Å². The lowest BCUT2D eigenvalue weighted by molar-refractivity contribution is 0.492. The Hall–Kier alpha value is -1.52. The Kier molecular flexibility index (Phi) is 3.59. The zero-order chi connectivity index (χ0) is 13.2. The summed E-state index contributed by atoms with van der Waals surface area (Å²) in [4.78, 5) is 8.43. The number of hydrogen-bond donors (Lipinski definition) is 3. The monoisotopic (exact) mass is 249 g/mol. The first-order valence-electron chi connectivity index (χ1n) is 6.68. The molecule has 0 aliphatic heterocycles. The second kappa shape index (κ2) is 5.00. The quantitative estimate of drug-likeness (QED) is 0.722. The Morgan fingerprint density at radius 1 is 1.33 bits per heavy atom. The van der Waals surface area contributed by atoms with Crippen LogP contribution in [0.4, 0.5) is 17.6 Å². The highest BCUT2D eigenvalue weighted by Crippen LogP contribution is 2.40. The maximum atomic E-state index is 5.74. The van der Waals surface area contributed by atoms with Gasteiger partial charge < -0.3 is 16.4 Å². The van der Waals surface area contributed by atoms with E-state index in [0.29, 0.717) is 5.95 Å². The SMILES string of the molecule is CCCNc1cc(NC(C)(C)C2CC2)nc(N)n1. The van der Waals surface area contributed by atoms with Crippen LogP contribution in [0.5, 0.6) is 0 Å². The van der Waals surface area contributed by atoms with Gasteiger partial charge in [-0.1, -0.05) is 6.92 Å². The Bertz CT molecular complexity index is 412. The molecule has 0 atom stereocenters. The molecule has 0 saturated heterocycles. The van der Waals surface area contributed by atoms with Crippen molar-refractivity contribution in [3.05, 3.63) is 6.07 Å². The molecule has 1 aliphatic rings. The molecule has 100 valence electrons. The third kappa shape index (κ3) is 3.24. The van der Waals surface area contributed by atoms with Gasteiger partial charge in [0, 0.05) is 18.2 Å². The molecule has 0 amide bonds.